The van der Waals surface area contributed by atoms with Crippen LogP contribution in [0.1, 0.15) is 48.1 Å². The summed E-state index contributed by atoms with van der Waals surface area (Å²) >= 11 is 0. The second-order valence-electron chi connectivity index (χ2n) is 9.77. The minimum atomic E-state index is -0.759. The third-order valence-electron chi connectivity index (χ3n) is 7.22. The van der Waals surface area contributed by atoms with Gasteiger partial charge in [-0.15, -0.1) is 0 Å². The van der Waals surface area contributed by atoms with Crippen LogP contribution in [0.25, 0.3) is 5.76 Å². The number of carbonyl (C=O) groups is 2. The number of aliphatic hydroxyl groups excluding tert-OH is 1. The van der Waals surface area contributed by atoms with Gasteiger partial charge >= 0.3 is 0 Å². The summed E-state index contributed by atoms with van der Waals surface area (Å²) in [6.45, 7) is 2.44. The molecule has 0 saturated carbocycles. The van der Waals surface area contributed by atoms with Crippen molar-refractivity contribution in [2.75, 3.05) is 30.5 Å². The molecule has 190 valence electrons. The lowest BCUT2D eigenvalue weighted by molar-refractivity contribution is -0.132. The van der Waals surface area contributed by atoms with Gasteiger partial charge in [0, 0.05) is 31.0 Å². The minimum Gasteiger partial charge on any atom is -0.507 e. The van der Waals surface area contributed by atoms with Gasteiger partial charge in [0.05, 0.1) is 18.2 Å². The minimum absolute atomic E-state index is 0.104. The lowest BCUT2D eigenvalue weighted by Gasteiger charge is -2.26. The summed E-state index contributed by atoms with van der Waals surface area (Å²) in [5, 5.41) is 11.5. The summed E-state index contributed by atoms with van der Waals surface area (Å²) in [6.07, 6.45) is 4.25. The summed E-state index contributed by atoms with van der Waals surface area (Å²) in [6, 6.07) is 19.9. The van der Waals surface area contributed by atoms with E-state index in [4.69, 9.17) is 4.74 Å². The Bertz CT molecular complexity index is 1360. The van der Waals surface area contributed by atoms with Crippen LogP contribution in [0.2, 0.25) is 0 Å². The normalized spacial score (nSPS) is 18.6. The fraction of sp³-hybridized carbons (Fsp3) is 0.290. The molecule has 0 aromatic heterocycles. The molecule has 3 aromatic carbocycles. The number of ketones is 1. The lowest BCUT2D eigenvalue weighted by Crippen LogP contribution is -2.29. The zero-order valence-corrected chi connectivity index (χ0v) is 21.5. The molecule has 0 bridgehead atoms. The Morgan fingerprint density at radius 2 is 1.62 bits per heavy atom. The molecule has 6 nitrogen and oxygen atoms in total. The molecule has 3 aromatic rings. The number of hydrogen-bond acceptors (Lipinski definition) is 5. The summed E-state index contributed by atoms with van der Waals surface area (Å²) in [5.41, 5.74) is 5.47. The van der Waals surface area contributed by atoms with Crippen molar-refractivity contribution in [2.24, 2.45) is 0 Å². The van der Waals surface area contributed by atoms with E-state index in [-0.39, 0.29) is 11.3 Å². The quantitative estimate of drug-likeness (QED) is 0.271. The van der Waals surface area contributed by atoms with Crippen molar-refractivity contribution in [3.63, 3.8) is 0 Å². The third-order valence-corrected chi connectivity index (χ3v) is 7.22. The van der Waals surface area contributed by atoms with Gasteiger partial charge in [-0.1, -0.05) is 24.3 Å². The standard InChI is InChI=1S/C31H32N2O4/c1-4-37-26-17-15-25(16-18-26)33-28(21-11-13-24(14-12-21)32(2)3)27(30(35)31(33)36)29(34)23-10-9-20-7-5-6-8-22(20)19-23/h9-19,28,34H,4-8H2,1-3H3/b29-27-. The maximum Gasteiger partial charge on any atom is 0.300 e. The van der Waals surface area contributed by atoms with E-state index in [9.17, 15) is 14.7 Å². The number of hydrogen-bond donors (Lipinski definition) is 1. The van der Waals surface area contributed by atoms with Crippen LogP contribution in [0.4, 0.5) is 11.4 Å². The van der Waals surface area contributed by atoms with Crippen molar-refractivity contribution in [3.05, 3.63) is 94.6 Å². The summed E-state index contributed by atoms with van der Waals surface area (Å²) < 4.78 is 5.56. The number of benzene rings is 3. The summed E-state index contributed by atoms with van der Waals surface area (Å²) in [5.74, 6) is -0.804. The first-order valence-corrected chi connectivity index (χ1v) is 12.8. The van der Waals surface area contributed by atoms with Gasteiger partial charge in [0.2, 0.25) is 0 Å². The van der Waals surface area contributed by atoms with Gasteiger partial charge in [-0.3, -0.25) is 14.5 Å². The summed E-state index contributed by atoms with van der Waals surface area (Å²) in [4.78, 5) is 30.4. The Labute approximate surface area is 217 Å². The topological polar surface area (TPSA) is 70.1 Å². The molecule has 1 fully saturated rings. The Morgan fingerprint density at radius 1 is 0.946 bits per heavy atom. The fourth-order valence-corrected chi connectivity index (χ4v) is 5.27. The largest absolute Gasteiger partial charge is 0.507 e. The number of fused-ring (bicyclic) bond motifs is 1. The number of rotatable bonds is 6. The predicted octanol–water partition coefficient (Wildman–Crippen LogP) is 5.66. The maximum atomic E-state index is 13.5. The number of Topliss-reactive ketones (excluding diaryl/α,β-unsaturated/α-hetero) is 1. The van der Waals surface area contributed by atoms with E-state index in [1.807, 2.05) is 68.4 Å². The first-order valence-electron chi connectivity index (χ1n) is 12.8. The van der Waals surface area contributed by atoms with Crippen molar-refractivity contribution in [1.82, 2.24) is 0 Å². The lowest BCUT2D eigenvalue weighted by atomic mass is 9.88. The van der Waals surface area contributed by atoms with Gasteiger partial charge in [-0.05, 0) is 91.8 Å². The molecule has 37 heavy (non-hydrogen) atoms. The first kappa shape index (κ1) is 24.6. The molecule has 1 aliphatic carbocycles. The molecule has 6 heteroatoms. The van der Waals surface area contributed by atoms with Crippen LogP contribution >= 0.6 is 0 Å². The maximum absolute atomic E-state index is 13.5. The van der Waals surface area contributed by atoms with E-state index in [0.29, 0.717) is 23.6 Å². The van der Waals surface area contributed by atoms with E-state index >= 15 is 0 Å². The molecule has 5 rings (SSSR count). The highest BCUT2D eigenvalue weighted by molar-refractivity contribution is 6.51. The molecule has 1 aliphatic heterocycles. The van der Waals surface area contributed by atoms with E-state index in [1.165, 1.54) is 16.0 Å². The molecule has 1 amide bonds. The number of ether oxygens (including phenoxy) is 1. The van der Waals surface area contributed by atoms with Gasteiger partial charge < -0.3 is 14.7 Å². The number of aliphatic hydroxyl groups is 1. The molecular formula is C31H32N2O4. The van der Waals surface area contributed by atoms with Gasteiger partial charge in [0.25, 0.3) is 11.7 Å². The first-order chi connectivity index (χ1) is 17.9. The highest BCUT2D eigenvalue weighted by atomic mass is 16.5. The molecule has 0 spiro atoms. The van der Waals surface area contributed by atoms with E-state index in [2.05, 4.69) is 0 Å². The van der Waals surface area contributed by atoms with Crippen LogP contribution in [0.5, 0.6) is 5.75 Å². The molecule has 1 atom stereocenters. The average molecular weight is 497 g/mol. The van der Waals surface area contributed by atoms with Crippen molar-refractivity contribution in [3.8, 4) is 5.75 Å². The second kappa shape index (κ2) is 10.1. The Balaban J connectivity index is 1.64. The number of carbonyl (C=O) groups excluding carboxylic acids is 2. The van der Waals surface area contributed by atoms with Crippen LogP contribution < -0.4 is 14.5 Å². The van der Waals surface area contributed by atoms with Crippen LogP contribution in [0, 0.1) is 0 Å². The van der Waals surface area contributed by atoms with E-state index in [0.717, 1.165) is 36.9 Å². The summed E-state index contributed by atoms with van der Waals surface area (Å²) in [7, 11) is 3.91. The Morgan fingerprint density at radius 3 is 2.27 bits per heavy atom. The molecule has 2 aliphatic rings. The Hall–Kier alpha value is -4.06. The van der Waals surface area contributed by atoms with Crippen molar-refractivity contribution in [2.45, 2.75) is 38.6 Å². The highest BCUT2D eigenvalue weighted by Crippen LogP contribution is 2.43. The van der Waals surface area contributed by atoms with Crippen molar-refractivity contribution < 1.29 is 19.4 Å². The van der Waals surface area contributed by atoms with Crippen LogP contribution in [-0.4, -0.2) is 37.5 Å². The van der Waals surface area contributed by atoms with Gasteiger partial charge in [0.15, 0.2) is 0 Å². The third kappa shape index (κ3) is 4.59. The predicted molar refractivity (Wildman–Crippen MR) is 146 cm³/mol. The van der Waals surface area contributed by atoms with Crippen molar-refractivity contribution >= 4 is 28.8 Å². The smallest absolute Gasteiger partial charge is 0.300 e. The second-order valence-corrected chi connectivity index (χ2v) is 9.77. The van der Waals surface area contributed by atoms with Gasteiger partial charge in [0.1, 0.15) is 11.5 Å². The zero-order chi connectivity index (χ0) is 26.1. The monoisotopic (exact) mass is 496 g/mol. The average Bonchev–Trinajstić information content (AvgIpc) is 3.18. The molecule has 1 saturated heterocycles. The molecule has 1 heterocycles. The number of aryl methyl sites for hydroxylation is 2. The van der Waals surface area contributed by atoms with E-state index < -0.39 is 17.7 Å². The molecular weight excluding hydrogens is 464 g/mol. The van der Waals surface area contributed by atoms with E-state index in [1.54, 1.807) is 24.3 Å². The molecule has 0 radical (unpaired) electrons. The Kier molecular flexibility index (Phi) is 6.74. The number of anilines is 2. The fourth-order valence-electron chi connectivity index (χ4n) is 5.27. The van der Waals surface area contributed by atoms with Crippen molar-refractivity contribution in [1.29, 1.82) is 0 Å². The molecule has 1 unspecified atom stereocenters. The number of nitrogens with zero attached hydrogens (tertiary/aromatic N) is 2. The zero-order valence-electron chi connectivity index (χ0n) is 21.5. The van der Waals surface area contributed by atoms with Crippen LogP contribution in [0.15, 0.2) is 72.3 Å². The van der Waals surface area contributed by atoms with Crippen LogP contribution in [0.3, 0.4) is 0 Å². The number of amides is 1. The molecule has 1 N–H and O–H groups in total. The highest BCUT2D eigenvalue weighted by Gasteiger charge is 2.47. The SMILES string of the molecule is CCOc1ccc(N2C(=O)C(=O)/C(=C(\O)c3ccc4c(c3)CCCC4)C2c2ccc(N(C)C)cc2)cc1. The van der Waals surface area contributed by atoms with Gasteiger partial charge in [-0.2, -0.15) is 0 Å². The van der Waals surface area contributed by atoms with Crippen LogP contribution in [-0.2, 0) is 22.4 Å². The van der Waals surface area contributed by atoms with Gasteiger partial charge in [-0.25, -0.2) is 0 Å².